The average Bonchev–Trinajstić information content (AvgIpc) is 3.39. The van der Waals surface area contributed by atoms with Gasteiger partial charge in [0.2, 0.25) is 5.43 Å². The summed E-state index contributed by atoms with van der Waals surface area (Å²) in [6, 6.07) is 22.3. The van der Waals surface area contributed by atoms with Gasteiger partial charge in [-0.25, -0.2) is 4.79 Å². The van der Waals surface area contributed by atoms with Crippen molar-refractivity contribution in [3.05, 3.63) is 112 Å². The summed E-state index contributed by atoms with van der Waals surface area (Å²) < 4.78 is 17.6. The highest BCUT2D eigenvalue weighted by Crippen LogP contribution is 2.44. The van der Waals surface area contributed by atoms with E-state index in [1.807, 2.05) is 30.3 Å². The number of carboxylic acid groups (broad SMARTS) is 1. The van der Waals surface area contributed by atoms with Crippen molar-refractivity contribution in [3.63, 3.8) is 0 Å². The maximum Gasteiger partial charge on any atom is 0.335 e. The predicted octanol–water partition coefficient (Wildman–Crippen LogP) is 5.86. The quantitative estimate of drug-likeness (QED) is 0.255. The largest absolute Gasteiger partial charge is 0.478 e. The Labute approximate surface area is 204 Å². The van der Waals surface area contributed by atoms with Crippen molar-refractivity contribution in [2.45, 2.75) is 12.3 Å². The number of carbonyl (C=O) groups excluding carboxylic acids is 1. The van der Waals surface area contributed by atoms with Crippen LogP contribution in [0.4, 0.5) is 0 Å². The number of hydrogen-bond acceptors (Lipinski definition) is 6. The Morgan fingerprint density at radius 2 is 1.64 bits per heavy atom. The normalized spacial score (nSPS) is 14.9. The highest BCUT2D eigenvalue weighted by Gasteiger charge is 2.34. The van der Waals surface area contributed by atoms with Crippen LogP contribution in [0, 0.1) is 0 Å². The molecule has 1 atom stereocenters. The number of esters is 1. The lowest BCUT2D eigenvalue weighted by molar-refractivity contribution is -0.135. The van der Waals surface area contributed by atoms with E-state index in [2.05, 4.69) is 0 Å². The summed E-state index contributed by atoms with van der Waals surface area (Å²) in [4.78, 5) is 36.9. The summed E-state index contributed by atoms with van der Waals surface area (Å²) in [7, 11) is 0. The van der Waals surface area contributed by atoms with E-state index < -0.39 is 17.9 Å². The summed E-state index contributed by atoms with van der Waals surface area (Å²) in [6.07, 6.45) is 1.45. The lowest BCUT2D eigenvalue weighted by Gasteiger charge is -2.23. The van der Waals surface area contributed by atoms with Crippen molar-refractivity contribution in [3.8, 4) is 28.2 Å². The monoisotopic (exact) mass is 478 g/mol. The molecule has 176 valence electrons. The molecule has 7 nitrogen and oxygen atoms in total. The molecule has 0 radical (unpaired) electrons. The van der Waals surface area contributed by atoms with Crippen molar-refractivity contribution >= 4 is 22.9 Å². The molecule has 1 aliphatic rings. The van der Waals surface area contributed by atoms with E-state index in [1.54, 1.807) is 36.4 Å². The summed E-state index contributed by atoms with van der Waals surface area (Å²) in [6.45, 7) is 0. The Morgan fingerprint density at radius 3 is 2.39 bits per heavy atom. The van der Waals surface area contributed by atoms with Crippen molar-refractivity contribution in [1.82, 2.24) is 0 Å². The summed E-state index contributed by atoms with van der Waals surface area (Å²) >= 11 is 0. The van der Waals surface area contributed by atoms with Crippen molar-refractivity contribution in [2.24, 2.45) is 0 Å². The molecule has 0 saturated carbocycles. The molecule has 1 N–H and O–H groups in total. The Balaban J connectivity index is 1.46. The molecule has 0 amide bonds. The van der Waals surface area contributed by atoms with Gasteiger partial charge in [-0.3, -0.25) is 9.59 Å². The molecule has 6 rings (SSSR count). The van der Waals surface area contributed by atoms with Crippen LogP contribution in [0.1, 0.15) is 34.0 Å². The highest BCUT2D eigenvalue weighted by atomic mass is 16.5. The van der Waals surface area contributed by atoms with Gasteiger partial charge in [0.05, 0.1) is 28.9 Å². The zero-order valence-corrected chi connectivity index (χ0v) is 18.8. The molecule has 3 heterocycles. The first kappa shape index (κ1) is 21.6. The van der Waals surface area contributed by atoms with Crippen LogP contribution in [0.2, 0.25) is 0 Å². The summed E-state index contributed by atoms with van der Waals surface area (Å²) in [5.74, 6) is -0.601. The van der Waals surface area contributed by atoms with Gasteiger partial charge in [0.1, 0.15) is 29.1 Å². The van der Waals surface area contributed by atoms with Crippen LogP contribution in [0.25, 0.3) is 33.4 Å². The second-order valence-corrected chi connectivity index (χ2v) is 8.51. The van der Waals surface area contributed by atoms with Crippen LogP contribution >= 0.6 is 0 Å². The molecule has 3 aromatic carbocycles. The van der Waals surface area contributed by atoms with Gasteiger partial charge in [-0.15, -0.1) is 0 Å². The van der Waals surface area contributed by atoms with Gasteiger partial charge in [0.25, 0.3) is 0 Å². The van der Waals surface area contributed by atoms with Crippen molar-refractivity contribution in [1.29, 1.82) is 0 Å². The first-order valence-corrected chi connectivity index (χ1v) is 11.3. The first-order valence-electron chi connectivity index (χ1n) is 11.3. The summed E-state index contributed by atoms with van der Waals surface area (Å²) in [5.41, 5.74) is 2.80. The fraction of sp³-hybridized carbons (Fsp3) is 0.0690. The standard InChI is InChI=1S/C29H18O7/c30-25-14-20(23-13-12-22(35-23)17-6-8-18(9-7-17)29(32)33)26-24(36-25)11-10-19-27(31)21(15-34-28(19)26)16-4-2-1-3-5-16/h1-13,15,20H,14H2,(H,32,33)/t20-/m1/s1. The lowest BCUT2D eigenvalue weighted by Crippen LogP contribution is -2.21. The van der Waals surface area contributed by atoms with E-state index in [-0.39, 0.29) is 17.4 Å². The van der Waals surface area contributed by atoms with Crippen LogP contribution < -0.4 is 10.2 Å². The Kier molecular flexibility index (Phi) is 5.04. The van der Waals surface area contributed by atoms with Gasteiger partial charge in [0.15, 0.2) is 0 Å². The molecule has 0 saturated heterocycles. The molecule has 0 unspecified atom stereocenters. The van der Waals surface area contributed by atoms with Crippen LogP contribution in [0.5, 0.6) is 5.75 Å². The molecule has 0 aliphatic carbocycles. The van der Waals surface area contributed by atoms with Crippen molar-refractivity contribution < 1.29 is 28.3 Å². The summed E-state index contributed by atoms with van der Waals surface area (Å²) in [5, 5.41) is 9.51. The highest BCUT2D eigenvalue weighted by molar-refractivity contribution is 5.90. The van der Waals surface area contributed by atoms with Gasteiger partial charge in [-0.2, -0.15) is 0 Å². The number of aromatic carboxylic acids is 1. The van der Waals surface area contributed by atoms with E-state index in [1.165, 1.54) is 18.4 Å². The smallest absolute Gasteiger partial charge is 0.335 e. The number of benzene rings is 3. The van der Waals surface area contributed by atoms with Crippen LogP contribution in [0.3, 0.4) is 0 Å². The van der Waals surface area contributed by atoms with Gasteiger partial charge in [0, 0.05) is 11.1 Å². The second-order valence-electron chi connectivity index (χ2n) is 8.51. The average molecular weight is 478 g/mol. The van der Waals surface area contributed by atoms with Gasteiger partial charge >= 0.3 is 11.9 Å². The molecule has 0 bridgehead atoms. The van der Waals surface area contributed by atoms with Gasteiger partial charge in [-0.1, -0.05) is 42.5 Å². The molecule has 5 aromatic rings. The minimum atomic E-state index is -1.01. The third-order valence-corrected chi connectivity index (χ3v) is 6.35. The molecule has 7 heteroatoms. The fourth-order valence-corrected chi connectivity index (χ4v) is 4.59. The first-order chi connectivity index (χ1) is 17.5. The molecule has 0 fully saturated rings. The molecular weight excluding hydrogens is 460 g/mol. The fourth-order valence-electron chi connectivity index (χ4n) is 4.59. The molecule has 36 heavy (non-hydrogen) atoms. The van der Waals surface area contributed by atoms with Gasteiger partial charge < -0.3 is 18.7 Å². The number of hydrogen-bond donors (Lipinski definition) is 1. The van der Waals surface area contributed by atoms with E-state index in [9.17, 15) is 14.4 Å². The number of ether oxygens (including phenoxy) is 1. The van der Waals surface area contributed by atoms with Crippen LogP contribution in [0.15, 0.2) is 98.8 Å². The van der Waals surface area contributed by atoms with Gasteiger partial charge in [-0.05, 0) is 42.0 Å². The molecule has 1 aliphatic heterocycles. The van der Waals surface area contributed by atoms with Crippen LogP contribution in [-0.4, -0.2) is 17.0 Å². The number of carboxylic acids is 1. The number of rotatable bonds is 4. The van der Waals surface area contributed by atoms with E-state index in [0.29, 0.717) is 44.9 Å². The second kappa shape index (κ2) is 8.39. The predicted molar refractivity (Wildman–Crippen MR) is 131 cm³/mol. The molecular formula is C29H18O7. The SMILES string of the molecule is O=C1C[C@H](c2ccc(-c3ccc(C(=O)O)cc3)o2)c2c(ccc3c(=O)c(-c4ccccc4)coc23)O1. The lowest BCUT2D eigenvalue weighted by atomic mass is 9.88. The van der Waals surface area contributed by atoms with E-state index >= 15 is 0 Å². The third-order valence-electron chi connectivity index (χ3n) is 6.35. The Morgan fingerprint density at radius 1 is 0.861 bits per heavy atom. The Hall–Kier alpha value is -4.91. The van der Waals surface area contributed by atoms with Crippen LogP contribution in [-0.2, 0) is 4.79 Å². The van der Waals surface area contributed by atoms with E-state index in [4.69, 9.17) is 18.7 Å². The zero-order chi connectivity index (χ0) is 24.8. The number of furan rings is 1. The van der Waals surface area contributed by atoms with Crippen molar-refractivity contribution in [2.75, 3.05) is 0 Å². The topological polar surface area (TPSA) is 107 Å². The number of fused-ring (bicyclic) bond motifs is 3. The minimum Gasteiger partial charge on any atom is -0.478 e. The molecule has 2 aromatic heterocycles. The number of carbonyl (C=O) groups is 2. The molecule has 0 spiro atoms. The Bertz CT molecular complexity index is 1690. The maximum atomic E-state index is 13.4. The zero-order valence-electron chi connectivity index (χ0n) is 18.8. The minimum absolute atomic E-state index is 0.0150. The van der Waals surface area contributed by atoms with E-state index in [0.717, 1.165) is 5.56 Å². The maximum absolute atomic E-state index is 13.4. The third kappa shape index (κ3) is 3.58.